The second-order valence-electron chi connectivity index (χ2n) is 2.22. The van der Waals surface area contributed by atoms with Gasteiger partial charge in [0.1, 0.15) is 0 Å². The first-order chi connectivity index (χ1) is 4.09. The van der Waals surface area contributed by atoms with Crippen molar-refractivity contribution < 1.29 is 4.79 Å². The molecule has 0 heterocycles. The monoisotopic (exact) mass is 193 g/mol. The lowest BCUT2D eigenvalue weighted by Gasteiger charge is -2.12. The van der Waals surface area contributed by atoms with Crippen LogP contribution >= 0.6 is 15.9 Å². The molecule has 0 unspecified atom stereocenters. The van der Waals surface area contributed by atoms with Gasteiger partial charge in [-0.1, -0.05) is 20.3 Å². The molecule has 0 aromatic rings. The predicted molar refractivity (Wildman–Crippen MR) is 41.4 cm³/mol. The first-order valence-electron chi connectivity index (χ1n) is 3.04. The molecule has 9 heavy (non-hydrogen) atoms. The number of halogens is 1. The first-order valence-corrected chi connectivity index (χ1v) is 3.83. The molecule has 0 saturated heterocycles. The average molecular weight is 194 g/mol. The van der Waals surface area contributed by atoms with E-state index in [9.17, 15) is 4.79 Å². The van der Waals surface area contributed by atoms with Crippen LogP contribution < -0.4 is 5.73 Å². The second-order valence-corrected chi connectivity index (χ2v) is 3.00. The lowest BCUT2D eigenvalue weighted by molar-refractivity contribution is -0.112. The van der Waals surface area contributed by atoms with E-state index in [0.29, 0.717) is 0 Å². The zero-order valence-corrected chi connectivity index (χ0v) is 7.31. The lowest BCUT2D eigenvalue weighted by Crippen LogP contribution is -2.33. The molecular formula is C6H12BrNO. The average Bonchev–Trinajstić information content (AvgIpc) is 1.84. The molecule has 54 valence electrons. The maximum absolute atomic E-state index is 10.5. The van der Waals surface area contributed by atoms with E-state index in [4.69, 9.17) is 5.73 Å². The van der Waals surface area contributed by atoms with Crippen LogP contribution in [0.1, 0.15) is 20.3 Å². The van der Waals surface area contributed by atoms with Crippen LogP contribution in [0.2, 0.25) is 0 Å². The smallest absolute Gasteiger partial charge is 0.214 e. The highest BCUT2D eigenvalue weighted by molar-refractivity contribution is 9.18. The molecule has 0 fully saturated rings. The van der Waals surface area contributed by atoms with Crippen molar-refractivity contribution in [3.8, 4) is 0 Å². The molecule has 0 radical (unpaired) electrons. The van der Waals surface area contributed by atoms with Crippen molar-refractivity contribution in [2.24, 2.45) is 11.7 Å². The molecule has 0 bridgehead atoms. The van der Waals surface area contributed by atoms with Gasteiger partial charge in [-0.25, -0.2) is 0 Å². The molecule has 0 aromatic heterocycles. The molecular weight excluding hydrogens is 182 g/mol. The van der Waals surface area contributed by atoms with E-state index in [0.717, 1.165) is 6.42 Å². The van der Waals surface area contributed by atoms with Gasteiger partial charge in [0.05, 0.1) is 6.04 Å². The zero-order valence-electron chi connectivity index (χ0n) is 5.73. The van der Waals surface area contributed by atoms with Gasteiger partial charge < -0.3 is 5.73 Å². The Hall–Kier alpha value is 0.110. The van der Waals surface area contributed by atoms with Gasteiger partial charge in [-0.15, -0.1) is 0 Å². The normalized spacial score (nSPS) is 16.9. The van der Waals surface area contributed by atoms with Crippen LogP contribution in [0.4, 0.5) is 0 Å². The quantitative estimate of drug-likeness (QED) is 0.687. The summed E-state index contributed by atoms with van der Waals surface area (Å²) < 4.78 is -0.100. The number of hydrogen-bond acceptors (Lipinski definition) is 2. The minimum Gasteiger partial charge on any atom is -0.321 e. The molecule has 0 aromatic carbocycles. The Kier molecular flexibility index (Phi) is 4.06. The highest BCUT2D eigenvalue weighted by Gasteiger charge is 2.15. The van der Waals surface area contributed by atoms with Gasteiger partial charge in [0, 0.05) is 0 Å². The third-order valence-electron chi connectivity index (χ3n) is 1.52. The molecule has 2 N–H and O–H groups in total. The SMILES string of the molecule is CC[C@H](C)[C@H](N)C(=O)Br. The van der Waals surface area contributed by atoms with Crippen molar-refractivity contribution in [3.63, 3.8) is 0 Å². The van der Waals surface area contributed by atoms with E-state index >= 15 is 0 Å². The summed E-state index contributed by atoms with van der Waals surface area (Å²) >= 11 is 2.82. The number of carbonyl (C=O) groups is 1. The van der Waals surface area contributed by atoms with Crippen LogP contribution in [-0.4, -0.2) is 10.7 Å². The standard InChI is InChI=1S/C6H12BrNO/c1-3-4(2)5(8)6(7)9/h4-5H,3,8H2,1-2H3/t4-,5-/m0/s1. The number of rotatable bonds is 3. The fraction of sp³-hybridized carbons (Fsp3) is 0.833. The summed E-state index contributed by atoms with van der Waals surface area (Å²) in [6.45, 7) is 3.98. The fourth-order valence-electron chi connectivity index (χ4n) is 0.478. The Bertz CT molecular complexity index is 105. The summed E-state index contributed by atoms with van der Waals surface area (Å²) in [5.74, 6) is 0.275. The molecule has 0 aliphatic carbocycles. The molecule has 0 amide bonds. The summed E-state index contributed by atoms with van der Waals surface area (Å²) in [5.41, 5.74) is 5.47. The minimum atomic E-state index is -0.338. The Balaban J connectivity index is 3.72. The van der Waals surface area contributed by atoms with Crippen molar-refractivity contribution in [1.82, 2.24) is 0 Å². The molecule has 0 saturated carbocycles. The van der Waals surface area contributed by atoms with Crippen LogP contribution in [-0.2, 0) is 4.79 Å². The van der Waals surface area contributed by atoms with Crippen LogP contribution in [0.25, 0.3) is 0 Å². The zero-order chi connectivity index (χ0) is 7.44. The predicted octanol–water partition coefficient (Wildman–Crippen LogP) is 1.28. The van der Waals surface area contributed by atoms with Gasteiger partial charge in [0.15, 0.2) is 0 Å². The summed E-state index contributed by atoms with van der Waals surface area (Å²) in [7, 11) is 0. The molecule has 0 aliphatic rings. The van der Waals surface area contributed by atoms with E-state index < -0.39 is 0 Å². The van der Waals surface area contributed by atoms with Crippen molar-refractivity contribution in [2.45, 2.75) is 26.3 Å². The van der Waals surface area contributed by atoms with E-state index in [-0.39, 0.29) is 16.7 Å². The van der Waals surface area contributed by atoms with Crippen LogP contribution in [0.5, 0.6) is 0 Å². The summed E-state index contributed by atoms with van der Waals surface area (Å²) in [6, 6.07) is -0.338. The Morgan fingerprint density at radius 2 is 2.22 bits per heavy atom. The van der Waals surface area contributed by atoms with Crippen LogP contribution in [0.15, 0.2) is 0 Å². The molecule has 2 nitrogen and oxygen atoms in total. The lowest BCUT2D eigenvalue weighted by atomic mass is 10.0. The Morgan fingerprint density at radius 1 is 1.78 bits per heavy atom. The molecule has 0 aliphatic heterocycles. The topological polar surface area (TPSA) is 43.1 Å². The molecule has 0 rings (SSSR count). The van der Waals surface area contributed by atoms with Crippen molar-refractivity contribution in [2.75, 3.05) is 0 Å². The van der Waals surface area contributed by atoms with Crippen molar-refractivity contribution in [3.05, 3.63) is 0 Å². The number of carbonyl (C=O) groups excluding carboxylic acids is 1. The Morgan fingerprint density at radius 3 is 2.33 bits per heavy atom. The Labute approximate surface area is 63.9 Å². The molecule has 3 heteroatoms. The summed E-state index contributed by atoms with van der Waals surface area (Å²) in [6.07, 6.45) is 0.943. The molecule has 2 atom stereocenters. The highest BCUT2D eigenvalue weighted by Crippen LogP contribution is 2.08. The number of nitrogens with two attached hydrogens (primary N) is 1. The van der Waals surface area contributed by atoms with Crippen molar-refractivity contribution in [1.29, 1.82) is 0 Å². The highest BCUT2D eigenvalue weighted by atomic mass is 79.9. The van der Waals surface area contributed by atoms with E-state index in [2.05, 4.69) is 15.9 Å². The van der Waals surface area contributed by atoms with Gasteiger partial charge in [-0.05, 0) is 21.8 Å². The largest absolute Gasteiger partial charge is 0.321 e. The van der Waals surface area contributed by atoms with Crippen molar-refractivity contribution >= 4 is 20.6 Å². The van der Waals surface area contributed by atoms with Gasteiger partial charge in [0.2, 0.25) is 4.69 Å². The second kappa shape index (κ2) is 4.01. The maximum Gasteiger partial charge on any atom is 0.214 e. The van der Waals surface area contributed by atoms with Gasteiger partial charge in [-0.2, -0.15) is 0 Å². The summed E-state index contributed by atoms with van der Waals surface area (Å²) in [4.78, 5) is 10.5. The van der Waals surface area contributed by atoms with Gasteiger partial charge >= 0.3 is 0 Å². The van der Waals surface area contributed by atoms with Crippen LogP contribution in [0.3, 0.4) is 0 Å². The fourth-order valence-corrected chi connectivity index (χ4v) is 0.929. The summed E-state index contributed by atoms with van der Waals surface area (Å²) in [5, 5.41) is 0. The van der Waals surface area contributed by atoms with Gasteiger partial charge in [0.25, 0.3) is 0 Å². The molecule has 0 spiro atoms. The van der Waals surface area contributed by atoms with E-state index in [1.807, 2.05) is 13.8 Å². The van der Waals surface area contributed by atoms with Gasteiger partial charge in [-0.3, -0.25) is 4.79 Å². The maximum atomic E-state index is 10.5. The van der Waals surface area contributed by atoms with Crippen LogP contribution in [0, 0.1) is 5.92 Å². The van der Waals surface area contributed by atoms with E-state index in [1.54, 1.807) is 0 Å². The minimum absolute atomic E-state index is 0.100. The third-order valence-corrected chi connectivity index (χ3v) is 2.05. The third kappa shape index (κ3) is 2.96. The van der Waals surface area contributed by atoms with E-state index in [1.165, 1.54) is 0 Å². The number of hydrogen-bond donors (Lipinski definition) is 1. The first kappa shape index (κ1) is 9.11.